The van der Waals surface area contributed by atoms with Gasteiger partial charge in [-0.1, -0.05) is 12.1 Å². The summed E-state index contributed by atoms with van der Waals surface area (Å²) in [5.41, 5.74) is 1.04. The molecule has 1 aromatic carbocycles. The number of rotatable bonds is 3. The third-order valence-corrected chi connectivity index (χ3v) is 3.64. The molecule has 0 aromatic heterocycles. The number of nitro benzene ring substituents is 1. The largest absolute Gasteiger partial charge is 0.444 e. The molecule has 1 fully saturated rings. The molecule has 2 rings (SSSR count). The van der Waals surface area contributed by atoms with E-state index in [2.05, 4.69) is 5.32 Å². The van der Waals surface area contributed by atoms with E-state index in [4.69, 9.17) is 4.74 Å². The van der Waals surface area contributed by atoms with Gasteiger partial charge < -0.3 is 15.0 Å². The summed E-state index contributed by atoms with van der Waals surface area (Å²) in [6.45, 7) is 8.48. The Hall–Kier alpha value is -2.31. The second-order valence-corrected chi connectivity index (χ2v) is 6.78. The van der Waals surface area contributed by atoms with E-state index in [0.29, 0.717) is 18.8 Å². The second-order valence-electron chi connectivity index (χ2n) is 6.78. The lowest BCUT2D eigenvalue weighted by Gasteiger charge is -2.23. The highest BCUT2D eigenvalue weighted by atomic mass is 16.6. The Morgan fingerprint density at radius 2 is 2.13 bits per heavy atom. The lowest BCUT2D eigenvalue weighted by atomic mass is 10.1. The van der Waals surface area contributed by atoms with Gasteiger partial charge in [-0.05, 0) is 39.7 Å². The smallest absolute Gasteiger partial charge is 0.407 e. The Morgan fingerprint density at radius 1 is 1.43 bits per heavy atom. The molecule has 1 aliphatic rings. The van der Waals surface area contributed by atoms with E-state index in [1.165, 1.54) is 6.07 Å². The third kappa shape index (κ3) is 4.34. The highest BCUT2D eigenvalue weighted by Crippen LogP contribution is 2.33. The molecule has 126 valence electrons. The fourth-order valence-corrected chi connectivity index (χ4v) is 2.76. The Bertz CT molecular complexity index is 610. The Morgan fingerprint density at radius 3 is 2.74 bits per heavy atom. The number of anilines is 1. The average molecular weight is 321 g/mol. The molecule has 23 heavy (non-hydrogen) atoms. The van der Waals surface area contributed by atoms with Crippen molar-refractivity contribution in [3.63, 3.8) is 0 Å². The number of ether oxygens (including phenoxy) is 1. The number of nitrogens with zero attached hydrogens (tertiary/aromatic N) is 2. The van der Waals surface area contributed by atoms with Crippen LogP contribution in [0.5, 0.6) is 0 Å². The number of para-hydroxylation sites is 1. The van der Waals surface area contributed by atoms with E-state index in [9.17, 15) is 14.9 Å². The summed E-state index contributed by atoms with van der Waals surface area (Å²) in [5.74, 6) is 0. The van der Waals surface area contributed by atoms with Gasteiger partial charge in [0.2, 0.25) is 0 Å². The average Bonchev–Trinajstić information content (AvgIpc) is 2.83. The van der Waals surface area contributed by atoms with Gasteiger partial charge in [-0.15, -0.1) is 0 Å². The number of carbonyl (C=O) groups is 1. The summed E-state index contributed by atoms with van der Waals surface area (Å²) in [7, 11) is 0. The van der Waals surface area contributed by atoms with Crippen molar-refractivity contribution < 1.29 is 14.5 Å². The summed E-state index contributed by atoms with van der Waals surface area (Å²) in [6, 6.07) is 4.97. The van der Waals surface area contributed by atoms with Crippen molar-refractivity contribution >= 4 is 17.5 Å². The van der Waals surface area contributed by atoms with Crippen LogP contribution in [0, 0.1) is 17.0 Å². The van der Waals surface area contributed by atoms with Crippen LogP contribution in [-0.4, -0.2) is 35.7 Å². The zero-order chi connectivity index (χ0) is 17.2. The first-order valence-electron chi connectivity index (χ1n) is 7.66. The van der Waals surface area contributed by atoms with Crippen molar-refractivity contribution in [1.82, 2.24) is 5.32 Å². The van der Waals surface area contributed by atoms with Crippen molar-refractivity contribution in [3.8, 4) is 0 Å². The summed E-state index contributed by atoms with van der Waals surface area (Å²) >= 11 is 0. The van der Waals surface area contributed by atoms with Gasteiger partial charge in [0.15, 0.2) is 0 Å². The molecule has 0 saturated carbocycles. The van der Waals surface area contributed by atoms with Crippen molar-refractivity contribution in [2.45, 2.75) is 45.8 Å². The van der Waals surface area contributed by atoms with Crippen LogP contribution in [0.15, 0.2) is 18.2 Å². The number of aryl methyl sites for hydroxylation is 1. The van der Waals surface area contributed by atoms with Crippen LogP contribution in [-0.2, 0) is 4.74 Å². The summed E-state index contributed by atoms with van der Waals surface area (Å²) in [4.78, 5) is 24.7. The number of carbonyl (C=O) groups excluding carboxylic acids is 1. The van der Waals surface area contributed by atoms with Gasteiger partial charge in [0.25, 0.3) is 5.69 Å². The number of alkyl carbamates (subject to hydrolysis) is 1. The topological polar surface area (TPSA) is 84.7 Å². The predicted molar refractivity (Wildman–Crippen MR) is 87.8 cm³/mol. The minimum atomic E-state index is -0.544. The van der Waals surface area contributed by atoms with Gasteiger partial charge in [0, 0.05) is 19.2 Å². The highest BCUT2D eigenvalue weighted by molar-refractivity contribution is 5.70. The zero-order valence-electron chi connectivity index (χ0n) is 14.0. The molecule has 0 bridgehead atoms. The molecule has 1 amide bonds. The number of hydrogen-bond acceptors (Lipinski definition) is 5. The second kappa shape index (κ2) is 6.44. The molecule has 7 heteroatoms. The highest BCUT2D eigenvalue weighted by Gasteiger charge is 2.30. The molecule has 0 unspecified atom stereocenters. The maximum atomic E-state index is 11.8. The molecule has 0 aliphatic carbocycles. The Labute approximate surface area is 135 Å². The Balaban J connectivity index is 2.06. The Kier molecular flexibility index (Phi) is 4.77. The van der Waals surface area contributed by atoms with Crippen LogP contribution in [0.4, 0.5) is 16.2 Å². The third-order valence-electron chi connectivity index (χ3n) is 3.64. The molecule has 1 heterocycles. The zero-order valence-corrected chi connectivity index (χ0v) is 14.0. The first-order valence-corrected chi connectivity index (χ1v) is 7.66. The van der Waals surface area contributed by atoms with Crippen LogP contribution in [0.25, 0.3) is 0 Å². The number of nitrogens with one attached hydrogen (secondary N) is 1. The number of hydrogen-bond donors (Lipinski definition) is 1. The molecule has 1 aromatic rings. The molecule has 1 saturated heterocycles. The van der Waals surface area contributed by atoms with Crippen LogP contribution < -0.4 is 10.2 Å². The van der Waals surface area contributed by atoms with Gasteiger partial charge >= 0.3 is 6.09 Å². The molecule has 1 N–H and O–H groups in total. The van der Waals surface area contributed by atoms with Gasteiger partial charge in [-0.3, -0.25) is 10.1 Å². The number of benzene rings is 1. The van der Waals surface area contributed by atoms with E-state index < -0.39 is 11.7 Å². The van der Waals surface area contributed by atoms with Crippen LogP contribution >= 0.6 is 0 Å². The summed E-state index contributed by atoms with van der Waals surface area (Å²) in [6.07, 6.45) is 0.272. The molecule has 0 spiro atoms. The normalized spacial score (nSPS) is 17.9. The fraction of sp³-hybridized carbons (Fsp3) is 0.562. The maximum absolute atomic E-state index is 11.8. The van der Waals surface area contributed by atoms with Crippen LogP contribution in [0.3, 0.4) is 0 Å². The van der Waals surface area contributed by atoms with Gasteiger partial charge in [-0.25, -0.2) is 4.79 Å². The lowest BCUT2D eigenvalue weighted by Crippen LogP contribution is -2.40. The van der Waals surface area contributed by atoms with E-state index in [1.807, 2.05) is 38.7 Å². The molecule has 7 nitrogen and oxygen atoms in total. The quantitative estimate of drug-likeness (QED) is 0.683. The minimum absolute atomic E-state index is 0.0796. The molecular formula is C16H23N3O4. The number of amides is 1. The first kappa shape index (κ1) is 17.1. The monoisotopic (exact) mass is 321 g/mol. The maximum Gasteiger partial charge on any atom is 0.407 e. The lowest BCUT2D eigenvalue weighted by molar-refractivity contribution is -0.384. The van der Waals surface area contributed by atoms with Crippen molar-refractivity contribution in [3.05, 3.63) is 33.9 Å². The fourth-order valence-electron chi connectivity index (χ4n) is 2.76. The first-order chi connectivity index (χ1) is 10.7. The molecule has 0 radical (unpaired) electrons. The van der Waals surface area contributed by atoms with Gasteiger partial charge in [-0.2, -0.15) is 0 Å². The standard InChI is InChI=1S/C16H23N3O4/c1-11-6-5-7-13(19(21)22)14(11)18-9-8-12(10-18)17-15(20)23-16(2,3)4/h5-7,12H,8-10H2,1-4H3,(H,17,20)/t12-/m1/s1. The van der Waals surface area contributed by atoms with E-state index in [0.717, 1.165) is 12.0 Å². The van der Waals surface area contributed by atoms with Crippen molar-refractivity contribution in [2.75, 3.05) is 18.0 Å². The predicted octanol–water partition coefficient (Wildman–Crippen LogP) is 3.01. The SMILES string of the molecule is Cc1cccc([N+](=O)[O-])c1N1CC[C@@H](NC(=O)OC(C)(C)C)C1. The van der Waals surface area contributed by atoms with E-state index >= 15 is 0 Å². The molecular weight excluding hydrogens is 298 g/mol. The minimum Gasteiger partial charge on any atom is -0.444 e. The van der Waals surface area contributed by atoms with Crippen molar-refractivity contribution in [1.29, 1.82) is 0 Å². The van der Waals surface area contributed by atoms with Crippen LogP contribution in [0.2, 0.25) is 0 Å². The van der Waals surface area contributed by atoms with E-state index in [1.54, 1.807) is 6.07 Å². The number of nitro groups is 1. The van der Waals surface area contributed by atoms with Crippen LogP contribution in [0.1, 0.15) is 32.8 Å². The summed E-state index contributed by atoms with van der Waals surface area (Å²) < 4.78 is 5.25. The van der Waals surface area contributed by atoms with Gasteiger partial charge in [0.1, 0.15) is 11.3 Å². The van der Waals surface area contributed by atoms with E-state index in [-0.39, 0.29) is 16.7 Å². The molecule has 1 atom stereocenters. The van der Waals surface area contributed by atoms with Crippen molar-refractivity contribution in [2.24, 2.45) is 0 Å². The van der Waals surface area contributed by atoms with Gasteiger partial charge in [0.05, 0.1) is 11.0 Å². The summed E-state index contributed by atoms with van der Waals surface area (Å²) in [5, 5.41) is 14.1. The molecule has 1 aliphatic heterocycles.